The second-order valence-corrected chi connectivity index (χ2v) is 4.09. The van der Waals surface area contributed by atoms with Crippen molar-refractivity contribution in [3.63, 3.8) is 0 Å². The molecule has 1 unspecified atom stereocenters. The lowest BCUT2D eigenvalue weighted by Gasteiger charge is -2.15. The first-order chi connectivity index (χ1) is 9.56. The highest BCUT2D eigenvalue weighted by Gasteiger charge is 2.11. The Labute approximate surface area is 117 Å². The van der Waals surface area contributed by atoms with Crippen molar-refractivity contribution in [3.05, 3.63) is 24.0 Å². The van der Waals surface area contributed by atoms with E-state index in [9.17, 15) is 9.18 Å². The summed E-state index contributed by atoms with van der Waals surface area (Å²) in [6, 6.07) is 3.19. The number of hydrogen-bond acceptors (Lipinski definition) is 3. The molecule has 0 saturated heterocycles. The van der Waals surface area contributed by atoms with E-state index in [0.29, 0.717) is 12.3 Å². The predicted molar refractivity (Wildman–Crippen MR) is 74.2 cm³/mol. The Morgan fingerprint density at radius 3 is 2.95 bits per heavy atom. The number of terminal acetylenes is 1. The molecule has 0 saturated carbocycles. The smallest absolute Gasteiger partial charge is 0.319 e. The van der Waals surface area contributed by atoms with E-state index < -0.39 is 11.8 Å². The van der Waals surface area contributed by atoms with Crippen molar-refractivity contribution >= 4 is 11.7 Å². The second kappa shape index (κ2) is 8.02. The van der Waals surface area contributed by atoms with E-state index in [4.69, 9.17) is 15.9 Å². The summed E-state index contributed by atoms with van der Waals surface area (Å²) in [6.07, 6.45) is 5.08. The number of hydrogen-bond donors (Lipinski definition) is 2. The lowest BCUT2D eigenvalue weighted by molar-refractivity contribution is 0.173. The lowest BCUT2D eigenvalue weighted by Crippen LogP contribution is -2.38. The van der Waals surface area contributed by atoms with Crippen molar-refractivity contribution in [1.82, 2.24) is 5.32 Å². The third-order valence-electron chi connectivity index (χ3n) is 2.30. The Bertz CT molecular complexity index is 500. The fourth-order valence-electron chi connectivity index (χ4n) is 1.51. The van der Waals surface area contributed by atoms with Crippen LogP contribution in [0.4, 0.5) is 14.9 Å². The first kappa shape index (κ1) is 15.8. The molecule has 0 aliphatic rings. The number of nitrogens with one attached hydrogen (secondary N) is 2. The number of carbonyl (C=O) groups is 1. The minimum Gasteiger partial charge on any atom is -0.479 e. The van der Waals surface area contributed by atoms with Crippen LogP contribution in [0.2, 0.25) is 0 Å². The Morgan fingerprint density at radius 1 is 1.55 bits per heavy atom. The van der Waals surface area contributed by atoms with E-state index in [1.165, 1.54) is 12.1 Å². The maximum atomic E-state index is 13.1. The molecular formula is C14H17FN2O3. The van der Waals surface area contributed by atoms with Gasteiger partial charge in [-0.3, -0.25) is 0 Å². The maximum absolute atomic E-state index is 13.1. The van der Waals surface area contributed by atoms with Crippen LogP contribution in [0.5, 0.6) is 5.75 Å². The van der Waals surface area contributed by atoms with Crippen molar-refractivity contribution in [1.29, 1.82) is 0 Å². The molecule has 0 aromatic heterocycles. The van der Waals surface area contributed by atoms with Crippen LogP contribution in [0.25, 0.3) is 0 Å². The van der Waals surface area contributed by atoms with Gasteiger partial charge in [-0.15, -0.1) is 6.42 Å². The lowest BCUT2D eigenvalue weighted by atomic mass is 10.3. The predicted octanol–water partition coefficient (Wildman–Crippen LogP) is 1.99. The summed E-state index contributed by atoms with van der Waals surface area (Å²) in [4.78, 5) is 11.7. The summed E-state index contributed by atoms with van der Waals surface area (Å²) in [7, 11) is 1.54. The zero-order chi connectivity index (χ0) is 15.0. The fourth-order valence-corrected chi connectivity index (χ4v) is 1.51. The van der Waals surface area contributed by atoms with Crippen LogP contribution >= 0.6 is 0 Å². The molecule has 2 amide bonds. The average molecular weight is 280 g/mol. The van der Waals surface area contributed by atoms with Gasteiger partial charge in [-0.25, -0.2) is 9.18 Å². The Morgan fingerprint density at radius 2 is 2.30 bits per heavy atom. The van der Waals surface area contributed by atoms with Gasteiger partial charge in [-0.1, -0.05) is 5.92 Å². The highest BCUT2D eigenvalue weighted by Crippen LogP contribution is 2.25. The van der Waals surface area contributed by atoms with E-state index in [1.54, 1.807) is 14.0 Å². The first-order valence-electron chi connectivity index (χ1n) is 5.99. The van der Waals surface area contributed by atoms with Gasteiger partial charge in [0, 0.05) is 13.2 Å². The van der Waals surface area contributed by atoms with Gasteiger partial charge in [0.15, 0.2) is 0 Å². The topological polar surface area (TPSA) is 59.6 Å². The number of rotatable bonds is 6. The fraction of sp³-hybridized carbons (Fsp3) is 0.357. The van der Waals surface area contributed by atoms with Gasteiger partial charge >= 0.3 is 6.03 Å². The van der Waals surface area contributed by atoms with Crippen molar-refractivity contribution in [2.75, 3.05) is 25.6 Å². The minimum absolute atomic E-state index is 0.0141. The number of urea groups is 1. The van der Waals surface area contributed by atoms with E-state index in [1.807, 2.05) is 0 Å². The summed E-state index contributed by atoms with van der Waals surface area (Å²) in [6.45, 7) is 2.17. The summed E-state index contributed by atoms with van der Waals surface area (Å²) >= 11 is 0. The van der Waals surface area contributed by atoms with Crippen LogP contribution in [-0.2, 0) is 4.74 Å². The third-order valence-corrected chi connectivity index (χ3v) is 2.30. The molecule has 1 aromatic rings. The minimum atomic E-state index is -0.476. The molecule has 0 heterocycles. The molecule has 0 aliphatic heterocycles. The normalized spacial score (nSPS) is 11.3. The number of anilines is 1. The zero-order valence-corrected chi connectivity index (χ0v) is 11.4. The molecule has 0 fully saturated rings. The van der Waals surface area contributed by atoms with Crippen LogP contribution in [0.15, 0.2) is 18.2 Å². The van der Waals surface area contributed by atoms with E-state index in [-0.39, 0.29) is 18.4 Å². The zero-order valence-electron chi connectivity index (χ0n) is 11.4. The highest BCUT2D eigenvalue weighted by atomic mass is 19.1. The van der Waals surface area contributed by atoms with Crippen molar-refractivity contribution in [2.45, 2.75) is 13.0 Å². The molecule has 0 spiro atoms. The third kappa shape index (κ3) is 5.16. The summed E-state index contributed by atoms with van der Waals surface area (Å²) in [5.41, 5.74) is 0.337. The summed E-state index contributed by atoms with van der Waals surface area (Å²) in [5.74, 6) is 1.98. The number of halogens is 1. The molecular weight excluding hydrogens is 263 g/mol. The number of carbonyl (C=O) groups excluding carboxylic acids is 1. The number of methoxy groups -OCH3 is 1. The van der Waals surface area contributed by atoms with Crippen LogP contribution < -0.4 is 15.4 Å². The monoisotopic (exact) mass is 280 g/mol. The van der Waals surface area contributed by atoms with Crippen molar-refractivity contribution in [2.24, 2.45) is 0 Å². The molecule has 6 heteroatoms. The van der Waals surface area contributed by atoms with E-state index in [2.05, 4.69) is 16.6 Å². The van der Waals surface area contributed by atoms with Crippen LogP contribution in [0, 0.1) is 18.2 Å². The van der Waals surface area contributed by atoms with Gasteiger partial charge in [0.2, 0.25) is 0 Å². The highest BCUT2D eigenvalue weighted by molar-refractivity contribution is 5.91. The SMILES string of the molecule is C#CCOc1cc(F)ccc1NC(=O)NC(C)COC. The molecule has 2 N–H and O–H groups in total. The van der Waals surface area contributed by atoms with Gasteiger partial charge in [0.25, 0.3) is 0 Å². The molecule has 0 bridgehead atoms. The maximum Gasteiger partial charge on any atom is 0.319 e. The van der Waals surface area contributed by atoms with Crippen LogP contribution in [0.1, 0.15) is 6.92 Å². The van der Waals surface area contributed by atoms with Crippen molar-refractivity contribution in [3.8, 4) is 18.1 Å². The van der Waals surface area contributed by atoms with Crippen molar-refractivity contribution < 1.29 is 18.7 Å². The Hall–Kier alpha value is -2.26. The van der Waals surface area contributed by atoms with E-state index in [0.717, 1.165) is 6.07 Å². The second-order valence-electron chi connectivity index (χ2n) is 4.09. The molecule has 20 heavy (non-hydrogen) atoms. The average Bonchev–Trinajstić information content (AvgIpc) is 2.39. The standard InChI is InChI=1S/C14H17FN2O3/c1-4-7-20-13-8-11(15)5-6-12(13)17-14(18)16-10(2)9-19-3/h1,5-6,8,10H,7,9H2,2-3H3,(H2,16,17,18). The Balaban J connectivity index is 2.71. The number of amides is 2. The van der Waals surface area contributed by atoms with E-state index >= 15 is 0 Å². The summed E-state index contributed by atoms with van der Waals surface area (Å²) in [5, 5.41) is 5.23. The van der Waals surface area contributed by atoms with Gasteiger partial charge in [0.1, 0.15) is 18.2 Å². The van der Waals surface area contributed by atoms with Gasteiger partial charge in [-0.05, 0) is 19.1 Å². The molecule has 1 atom stereocenters. The van der Waals surface area contributed by atoms with Crippen LogP contribution in [0.3, 0.4) is 0 Å². The first-order valence-corrected chi connectivity index (χ1v) is 5.99. The molecule has 5 nitrogen and oxygen atoms in total. The largest absolute Gasteiger partial charge is 0.479 e. The van der Waals surface area contributed by atoms with Gasteiger partial charge < -0.3 is 20.1 Å². The van der Waals surface area contributed by atoms with Crippen LogP contribution in [-0.4, -0.2) is 32.4 Å². The Kier molecular flexibility index (Phi) is 6.33. The molecule has 0 radical (unpaired) electrons. The summed E-state index contributed by atoms with van der Waals surface area (Å²) < 4.78 is 23.2. The number of ether oxygens (including phenoxy) is 2. The molecule has 108 valence electrons. The van der Waals surface area contributed by atoms with Gasteiger partial charge in [-0.2, -0.15) is 0 Å². The molecule has 1 aromatic carbocycles. The van der Waals surface area contributed by atoms with Gasteiger partial charge in [0.05, 0.1) is 18.3 Å². The molecule has 1 rings (SSSR count). The number of benzene rings is 1. The molecule has 0 aliphatic carbocycles. The quantitative estimate of drug-likeness (QED) is 0.783.